The van der Waals surface area contributed by atoms with Crippen molar-refractivity contribution in [1.82, 2.24) is 5.43 Å². The molecular formula is C23H14Cl7N3O2. The maximum absolute atomic E-state index is 13.0. The molecule has 3 N–H and O–H groups in total. The fourth-order valence-corrected chi connectivity index (χ4v) is 5.52. The second kappa shape index (κ2) is 10.4. The zero-order valence-electron chi connectivity index (χ0n) is 17.3. The van der Waals surface area contributed by atoms with Crippen LogP contribution in [0.1, 0.15) is 21.8 Å². The van der Waals surface area contributed by atoms with Crippen molar-refractivity contribution in [2.24, 2.45) is 5.92 Å². The van der Waals surface area contributed by atoms with Gasteiger partial charge in [-0.2, -0.15) is 0 Å². The van der Waals surface area contributed by atoms with Crippen LogP contribution in [-0.2, 0) is 4.79 Å². The number of rotatable bonds is 6. The Morgan fingerprint density at radius 2 is 1.43 bits per heavy atom. The Morgan fingerprint density at radius 3 is 2.11 bits per heavy atom. The zero-order valence-corrected chi connectivity index (χ0v) is 22.6. The van der Waals surface area contributed by atoms with Crippen LogP contribution in [0.4, 0.5) is 11.4 Å². The Kier molecular flexibility index (Phi) is 7.89. The molecule has 12 heteroatoms. The molecule has 0 unspecified atom stereocenters. The van der Waals surface area contributed by atoms with Crippen LogP contribution >= 0.6 is 81.2 Å². The third-order valence-electron chi connectivity index (χ3n) is 5.30. The van der Waals surface area contributed by atoms with E-state index in [1.54, 1.807) is 42.5 Å². The first kappa shape index (κ1) is 26.5. The number of amides is 2. The highest BCUT2D eigenvalue weighted by atomic mass is 35.5. The van der Waals surface area contributed by atoms with Crippen LogP contribution in [0, 0.1) is 5.92 Å². The lowest BCUT2D eigenvalue weighted by Crippen LogP contribution is -2.30. The van der Waals surface area contributed by atoms with Gasteiger partial charge >= 0.3 is 0 Å². The zero-order chi connectivity index (χ0) is 25.5. The first-order valence-electron chi connectivity index (χ1n) is 9.93. The number of carbonyl (C=O) groups is 2. The van der Waals surface area contributed by atoms with E-state index in [0.717, 1.165) is 0 Å². The Morgan fingerprint density at radius 1 is 0.771 bits per heavy atom. The summed E-state index contributed by atoms with van der Waals surface area (Å²) >= 11 is 43.2. The van der Waals surface area contributed by atoms with Crippen LogP contribution in [0.15, 0.2) is 54.6 Å². The smallest absolute Gasteiger partial charge is 0.271 e. The standard InChI is InChI=1S/C23H14Cl7N3O2/c24-11-1-3-17(28)18(8-11)32-33-21(34)15-9-14(2-4-16(15)27)31-22(35)20-19(23(20,29)30)10-5-12(25)7-13(26)6-10/h1-9,19-20,32H,(H,31,35)(H,33,34)/t19-,20+/m0/s1. The molecule has 0 heterocycles. The topological polar surface area (TPSA) is 70.2 Å². The highest BCUT2D eigenvalue weighted by molar-refractivity contribution is 6.53. The van der Waals surface area contributed by atoms with Crippen LogP contribution in [-0.4, -0.2) is 16.1 Å². The maximum Gasteiger partial charge on any atom is 0.271 e. The lowest BCUT2D eigenvalue weighted by atomic mass is 10.1. The average molecular weight is 613 g/mol. The molecule has 1 fully saturated rings. The molecule has 0 saturated heterocycles. The molecule has 3 aromatic carbocycles. The van der Waals surface area contributed by atoms with E-state index in [1.165, 1.54) is 12.1 Å². The van der Waals surface area contributed by atoms with Gasteiger partial charge in [0, 0.05) is 26.7 Å². The Hall–Kier alpha value is -1.57. The van der Waals surface area contributed by atoms with Gasteiger partial charge in [-0.3, -0.25) is 20.4 Å². The van der Waals surface area contributed by atoms with E-state index >= 15 is 0 Å². The van der Waals surface area contributed by atoms with Gasteiger partial charge in [-0.05, 0) is 60.2 Å². The van der Waals surface area contributed by atoms with Gasteiger partial charge in [0.05, 0.1) is 27.2 Å². The number of halogens is 7. The first-order chi connectivity index (χ1) is 16.5. The minimum absolute atomic E-state index is 0.104. The number of carbonyl (C=O) groups excluding carboxylic acids is 2. The monoisotopic (exact) mass is 609 g/mol. The fourth-order valence-electron chi connectivity index (χ4n) is 3.60. The maximum atomic E-state index is 13.0. The van der Waals surface area contributed by atoms with Crippen molar-refractivity contribution in [2.75, 3.05) is 10.7 Å². The second-order valence-corrected chi connectivity index (χ2v) is 11.3. The van der Waals surface area contributed by atoms with Crippen molar-refractivity contribution in [3.63, 3.8) is 0 Å². The van der Waals surface area contributed by atoms with E-state index in [-0.39, 0.29) is 10.6 Å². The third-order valence-corrected chi connectivity index (χ3v) is 7.57. The van der Waals surface area contributed by atoms with Gasteiger partial charge in [0.15, 0.2) is 0 Å². The van der Waals surface area contributed by atoms with Gasteiger partial charge in [0.1, 0.15) is 4.33 Å². The minimum atomic E-state index is -1.34. The summed E-state index contributed by atoms with van der Waals surface area (Å²) < 4.78 is -1.34. The number of benzene rings is 3. The van der Waals surface area contributed by atoms with Crippen LogP contribution in [0.3, 0.4) is 0 Å². The molecule has 4 rings (SSSR count). The number of hydrogen-bond acceptors (Lipinski definition) is 3. The van der Waals surface area contributed by atoms with Crippen molar-refractivity contribution in [1.29, 1.82) is 0 Å². The highest BCUT2D eigenvalue weighted by Gasteiger charge is 2.67. The van der Waals surface area contributed by atoms with Crippen LogP contribution in [0.5, 0.6) is 0 Å². The minimum Gasteiger partial charge on any atom is -0.326 e. The molecule has 1 aliphatic carbocycles. The predicted molar refractivity (Wildman–Crippen MR) is 145 cm³/mol. The number of nitrogens with one attached hydrogen (secondary N) is 3. The van der Waals surface area contributed by atoms with Gasteiger partial charge in [0.25, 0.3) is 5.91 Å². The number of anilines is 2. The summed E-state index contributed by atoms with van der Waals surface area (Å²) in [5, 5.41) is 4.50. The fraction of sp³-hybridized carbons (Fsp3) is 0.130. The average Bonchev–Trinajstić information content (AvgIpc) is 3.37. The first-order valence-corrected chi connectivity index (χ1v) is 12.6. The molecule has 1 aliphatic rings. The van der Waals surface area contributed by atoms with E-state index in [2.05, 4.69) is 16.2 Å². The van der Waals surface area contributed by atoms with Crippen LogP contribution < -0.4 is 16.2 Å². The van der Waals surface area contributed by atoms with Crippen LogP contribution in [0.25, 0.3) is 0 Å². The quantitative estimate of drug-likeness (QED) is 0.194. The summed E-state index contributed by atoms with van der Waals surface area (Å²) in [6.45, 7) is 0. The molecule has 3 aromatic rings. The number of hydrazine groups is 1. The molecule has 2 amide bonds. The molecule has 1 saturated carbocycles. The SMILES string of the molecule is O=C(NNc1cc(Cl)ccc1Cl)c1cc(NC(=O)[C@H]2[C@H](c3cc(Cl)cc(Cl)c3)C2(Cl)Cl)ccc1Cl. The summed E-state index contributed by atoms with van der Waals surface area (Å²) in [6.07, 6.45) is 0. The van der Waals surface area contributed by atoms with Crippen molar-refractivity contribution in [3.8, 4) is 0 Å². The largest absolute Gasteiger partial charge is 0.326 e. The van der Waals surface area contributed by atoms with E-state index in [9.17, 15) is 9.59 Å². The molecule has 2 atom stereocenters. The normalized spacial score (nSPS) is 18.0. The molecule has 0 spiro atoms. The van der Waals surface area contributed by atoms with Gasteiger partial charge in [-0.25, -0.2) is 0 Å². The number of hydrogen-bond donors (Lipinski definition) is 3. The highest BCUT2D eigenvalue weighted by Crippen LogP contribution is 2.65. The van der Waals surface area contributed by atoms with E-state index in [1.807, 2.05) is 0 Å². The van der Waals surface area contributed by atoms with Crippen molar-refractivity contribution in [2.45, 2.75) is 10.3 Å². The van der Waals surface area contributed by atoms with Gasteiger partial charge in [0.2, 0.25) is 5.91 Å². The summed E-state index contributed by atoms with van der Waals surface area (Å²) in [4.78, 5) is 25.7. The lowest BCUT2D eigenvalue weighted by molar-refractivity contribution is -0.117. The molecule has 35 heavy (non-hydrogen) atoms. The molecule has 0 radical (unpaired) electrons. The van der Waals surface area contributed by atoms with Gasteiger partial charge in [-0.15, -0.1) is 23.2 Å². The van der Waals surface area contributed by atoms with Crippen molar-refractivity contribution < 1.29 is 9.59 Å². The molecule has 0 aliphatic heterocycles. The molecule has 182 valence electrons. The van der Waals surface area contributed by atoms with Crippen molar-refractivity contribution >= 4 is 104 Å². The third kappa shape index (κ3) is 5.89. The Bertz CT molecular complexity index is 1310. The van der Waals surface area contributed by atoms with Gasteiger partial charge < -0.3 is 5.32 Å². The van der Waals surface area contributed by atoms with E-state index in [0.29, 0.717) is 37.0 Å². The molecular weight excluding hydrogens is 598 g/mol. The van der Waals surface area contributed by atoms with Gasteiger partial charge in [-0.1, -0.05) is 58.0 Å². The van der Waals surface area contributed by atoms with E-state index in [4.69, 9.17) is 81.2 Å². The molecule has 5 nitrogen and oxygen atoms in total. The predicted octanol–water partition coefficient (Wildman–Crippen LogP) is 8.24. The summed E-state index contributed by atoms with van der Waals surface area (Å²) in [5.74, 6) is -2.28. The summed E-state index contributed by atoms with van der Waals surface area (Å²) in [6, 6.07) is 14.1. The second-order valence-electron chi connectivity index (χ2n) is 7.72. The Balaban J connectivity index is 1.47. The lowest BCUT2D eigenvalue weighted by Gasteiger charge is -2.12. The molecule has 0 bridgehead atoms. The van der Waals surface area contributed by atoms with Crippen molar-refractivity contribution in [3.05, 3.63) is 90.8 Å². The van der Waals surface area contributed by atoms with Crippen LogP contribution in [0.2, 0.25) is 25.1 Å². The Labute approximate surface area is 235 Å². The van der Waals surface area contributed by atoms with E-state index < -0.39 is 28.0 Å². The summed E-state index contributed by atoms with van der Waals surface area (Å²) in [5.41, 5.74) is 6.66. The summed E-state index contributed by atoms with van der Waals surface area (Å²) in [7, 11) is 0. The molecule has 0 aromatic heterocycles. The number of alkyl halides is 2.